The van der Waals surface area contributed by atoms with Crippen LogP contribution in [0.3, 0.4) is 0 Å². The molecule has 0 spiro atoms. The zero-order chi connectivity index (χ0) is 11.6. The largest absolute Gasteiger partial charge is 0.386 e. The second-order valence-electron chi connectivity index (χ2n) is 4.68. The SMILES string of the molecule is Cc1ccc(C(O)C(C)(C)N(C)C)cn1. The van der Waals surface area contributed by atoms with E-state index in [0.29, 0.717) is 0 Å². The monoisotopic (exact) mass is 208 g/mol. The number of rotatable bonds is 3. The maximum Gasteiger partial charge on any atom is 0.0982 e. The van der Waals surface area contributed by atoms with Gasteiger partial charge in [0.2, 0.25) is 0 Å². The lowest BCUT2D eigenvalue weighted by Crippen LogP contribution is -2.43. The first kappa shape index (κ1) is 12.1. The van der Waals surface area contributed by atoms with Gasteiger partial charge in [0, 0.05) is 23.0 Å². The van der Waals surface area contributed by atoms with Gasteiger partial charge in [-0.2, -0.15) is 0 Å². The summed E-state index contributed by atoms with van der Waals surface area (Å²) in [5.74, 6) is 0. The second kappa shape index (κ2) is 4.29. The van der Waals surface area contributed by atoms with E-state index in [-0.39, 0.29) is 5.54 Å². The molecule has 0 aromatic carbocycles. The molecular weight excluding hydrogens is 188 g/mol. The predicted molar refractivity (Wildman–Crippen MR) is 61.7 cm³/mol. The Kier molecular flexibility index (Phi) is 3.47. The van der Waals surface area contributed by atoms with Crippen molar-refractivity contribution in [3.63, 3.8) is 0 Å². The molecule has 0 aliphatic carbocycles. The molecule has 0 amide bonds. The van der Waals surface area contributed by atoms with Gasteiger partial charge in [0.15, 0.2) is 0 Å². The first-order chi connectivity index (χ1) is 6.85. The molecule has 0 aliphatic heterocycles. The first-order valence-electron chi connectivity index (χ1n) is 5.13. The number of aryl methyl sites for hydroxylation is 1. The number of aromatic nitrogens is 1. The third-order valence-corrected chi connectivity index (χ3v) is 3.07. The van der Waals surface area contributed by atoms with E-state index >= 15 is 0 Å². The van der Waals surface area contributed by atoms with Crippen LogP contribution >= 0.6 is 0 Å². The molecular formula is C12H20N2O. The van der Waals surface area contributed by atoms with Crippen LogP contribution < -0.4 is 0 Å². The van der Waals surface area contributed by atoms with Crippen LogP contribution in [0.1, 0.15) is 31.2 Å². The van der Waals surface area contributed by atoms with Crippen LogP contribution in [0.5, 0.6) is 0 Å². The average molecular weight is 208 g/mol. The number of nitrogens with zero attached hydrogens (tertiary/aromatic N) is 2. The lowest BCUT2D eigenvalue weighted by Gasteiger charge is -2.37. The zero-order valence-corrected chi connectivity index (χ0v) is 10.2. The van der Waals surface area contributed by atoms with Gasteiger partial charge in [-0.25, -0.2) is 0 Å². The Bertz CT molecular complexity index is 317. The third kappa shape index (κ3) is 2.55. The highest BCUT2D eigenvalue weighted by Crippen LogP contribution is 2.28. The summed E-state index contributed by atoms with van der Waals surface area (Å²) in [7, 11) is 3.93. The molecule has 3 heteroatoms. The van der Waals surface area contributed by atoms with Crippen molar-refractivity contribution in [2.24, 2.45) is 0 Å². The van der Waals surface area contributed by atoms with Gasteiger partial charge < -0.3 is 10.0 Å². The van der Waals surface area contributed by atoms with Crippen LogP contribution in [0.2, 0.25) is 0 Å². The fraction of sp³-hybridized carbons (Fsp3) is 0.583. The van der Waals surface area contributed by atoms with Crippen LogP contribution in [0.25, 0.3) is 0 Å². The molecule has 15 heavy (non-hydrogen) atoms. The molecule has 0 saturated heterocycles. The molecule has 84 valence electrons. The Labute approximate surface area is 91.8 Å². The van der Waals surface area contributed by atoms with Crippen molar-refractivity contribution in [2.75, 3.05) is 14.1 Å². The summed E-state index contributed by atoms with van der Waals surface area (Å²) in [6, 6.07) is 3.85. The second-order valence-corrected chi connectivity index (χ2v) is 4.68. The number of aliphatic hydroxyl groups is 1. The van der Waals surface area contributed by atoms with Gasteiger partial charge in [-0.1, -0.05) is 6.07 Å². The predicted octanol–water partition coefficient (Wildman–Crippen LogP) is 1.76. The minimum atomic E-state index is -0.527. The standard InChI is InChI=1S/C12H20N2O/c1-9-6-7-10(8-13-9)11(15)12(2,3)14(4)5/h6-8,11,15H,1-5H3. The quantitative estimate of drug-likeness (QED) is 0.822. The minimum absolute atomic E-state index is 0.295. The molecule has 1 aromatic rings. The number of hydrogen-bond donors (Lipinski definition) is 1. The van der Waals surface area contributed by atoms with Gasteiger partial charge in [-0.05, 0) is 40.9 Å². The number of aliphatic hydroxyl groups excluding tert-OH is 1. The Balaban J connectivity index is 2.94. The maximum atomic E-state index is 10.2. The molecule has 1 aromatic heterocycles. The van der Waals surface area contributed by atoms with E-state index in [2.05, 4.69) is 4.98 Å². The molecule has 3 nitrogen and oxygen atoms in total. The summed E-state index contributed by atoms with van der Waals surface area (Å²) in [4.78, 5) is 6.21. The third-order valence-electron chi connectivity index (χ3n) is 3.07. The van der Waals surface area contributed by atoms with Gasteiger partial charge in [0.1, 0.15) is 0 Å². The van der Waals surface area contributed by atoms with E-state index in [1.54, 1.807) is 6.20 Å². The van der Waals surface area contributed by atoms with E-state index < -0.39 is 6.10 Å². The molecule has 1 atom stereocenters. The highest BCUT2D eigenvalue weighted by atomic mass is 16.3. The van der Waals surface area contributed by atoms with Gasteiger partial charge in [-0.3, -0.25) is 4.98 Å². The van der Waals surface area contributed by atoms with Crippen molar-refractivity contribution >= 4 is 0 Å². The average Bonchev–Trinajstić information content (AvgIpc) is 2.17. The van der Waals surface area contributed by atoms with Gasteiger partial charge in [0.05, 0.1) is 6.10 Å². The van der Waals surface area contributed by atoms with Crippen LogP contribution in [-0.4, -0.2) is 34.6 Å². The summed E-state index contributed by atoms with van der Waals surface area (Å²) in [6.07, 6.45) is 1.21. The zero-order valence-electron chi connectivity index (χ0n) is 10.2. The molecule has 0 bridgehead atoms. The van der Waals surface area contributed by atoms with Crippen LogP contribution in [0.4, 0.5) is 0 Å². The highest BCUT2D eigenvalue weighted by molar-refractivity contribution is 5.18. The Morgan fingerprint density at radius 3 is 2.33 bits per heavy atom. The smallest absolute Gasteiger partial charge is 0.0982 e. The summed E-state index contributed by atoms with van der Waals surface area (Å²) < 4.78 is 0. The van der Waals surface area contributed by atoms with Crippen LogP contribution in [-0.2, 0) is 0 Å². The molecule has 0 aliphatic rings. The van der Waals surface area contributed by atoms with Crippen molar-refractivity contribution in [1.29, 1.82) is 0 Å². The van der Waals surface area contributed by atoms with E-state index in [1.807, 2.05) is 51.9 Å². The van der Waals surface area contributed by atoms with Crippen molar-refractivity contribution in [1.82, 2.24) is 9.88 Å². The highest BCUT2D eigenvalue weighted by Gasteiger charge is 2.31. The van der Waals surface area contributed by atoms with Crippen LogP contribution in [0.15, 0.2) is 18.3 Å². The van der Waals surface area contributed by atoms with Gasteiger partial charge in [0.25, 0.3) is 0 Å². The Morgan fingerprint density at radius 1 is 1.33 bits per heavy atom. The van der Waals surface area contributed by atoms with Crippen molar-refractivity contribution in [3.8, 4) is 0 Å². The lowest BCUT2D eigenvalue weighted by atomic mass is 9.91. The summed E-state index contributed by atoms with van der Waals surface area (Å²) in [5, 5.41) is 10.2. The van der Waals surface area contributed by atoms with E-state index in [0.717, 1.165) is 11.3 Å². The normalized spacial score (nSPS) is 14.3. The maximum absolute atomic E-state index is 10.2. The topological polar surface area (TPSA) is 36.4 Å². The molecule has 1 heterocycles. The molecule has 0 fully saturated rings. The van der Waals surface area contributed by atoms with Crippen molar-refractivity contribution < 1.29 is 5.11 Å². The van der Waals surface area contributed by atoms with Gasteiger partial charge >= 0.3 is 0 Å². The molecule has 0 saturated carbocycles. The molecule has 1 rings (SSSR count). The fourth-order valence-corrected chi connectivity index (χ4v) is 1.29. The molecule has 1 N–H and O–H groups in total. The fourth-order valence-electron chi connectivity index (χ4n) is 1.29. The van der Waals surface area contributed by atoms with E-state index in [9.17, 15) is 5.11 Å². The summed E-state index contributed by atoms with van der Waals surface area (Å²) in [6.45, 7) is 5.96. The minimum Gasteiger partial charge on any atom is -0.386 e. The van der Waals surface area contributed by atoms with Crippen LogP contribution in [0, 0.1) is 6.92 Å². The van der Waals surface area contributed by atoms with E-state index in [1.165, 1.54) is 0 Å². The Hall–Kier alpha value is -0.930. The summed E-state index contributed by atoms with van der Waals surface area (Å²) in [5.41, 5.74) is 1.53. The number of hydrogen-bond acceptors (Lipinski definition) is 3. The number of likely N-dealkylation sites (N-methyl/N-ethyl adjacent to an activating group) is 1. The lowest BCUT2D eigenvalue weighted by molar-refractivity contribution is 0.0162. The Morgan fingerprint density at radius 2 is 1.93 bits per heavy atom. The first-order valence-corrected chi connectivity index (χ1v) is 5.13. The van der Waals surface area contributed by atoms with Crippen molar-refractivity contribution in [3.05, 3.63) is 29.6 Å². The van der Waals surface area contributed by atoms with E-state index in [4.69, 9.17) is 0 Å². The molecule has 0 radical (unpaired) electrons. The van der Waals surface area contributed by atoms with Gasteiger partial charge in [-0.15, -0.1) is 0 Å². The molecule has 1 unspecified atom stereocenters. The number of pyridine rings is 1. The summed E-state index contributed by atoms with van der Waals surface area (Å²) >= 11 is 0. The van der Waals surface area contributed by atoms with Crippen molar-refractivity contribution in [2.45, 2.75) is 32.4 Å².